The summed E-state index contributed by atoms with van der Waals surface area (Å²) in [6, 6.07) is 0. The topological polar surface area (TPSA) is 9.23 Å². The monoisotopic (exact) mass is 196 g/mol. The second-order valence-electron chi connectivity index (χ2n) is 4.54. The van der Waals surface area contributed by atoms with Crippen molar-refractivity contribution in [3.63, 3.8) is 0 Å². The Morgan fingerprint density at radius 2 is 2.07 bits per heavy atom. The fraction of sp³-hybridized carbons (Fsp3) is 0.846. The molecule has 1 atom stereocenters. The highest BCUT2D eigenvalue weighted by molar-refractivity contribution is 5.13. The van der Waals surface area contributed by atoms with Crippen molar-refractivity contribution in [2.75, 3.05) is 6.61 Å². The maximum atomic E-state index is 5.74. The molecule has 82 valence electrons. The Kier molecular flexibility index (Phi) is 5.06. The van der Waals surface area contributed by atoms with Gasteiger partial charge in [-0.2, -0.15) is 0 Å². The van der Waals surface area contributed by atoms with Gasteiger partial charge in [0.2, 0.25) is 0 Å². The molecule has 1 nitrogen and oxygen atoms in total. The Hall–Kier alpha value is -0.460. The summed E-state index contributed by atoms with van der Waals surface area (Å²) in [6.45, 7) is 7.60. The summed E-state index contributed by atoms with van der Waals surface area (Å²) in [5.41, 5.74) is 1.55. The molecule has 0 radical (unpaired) electrons. The van der Waals surface area contributed by atoms with Crippen LogP contribution in [-0.2, 0) is 4.74 Å². The second kappa shape index (κ2) is 6.10. The van der Waals surface area contributed by atoms with Gasteiger partial charge in [-0.25, -0.2) is 0 Å². The van der Waals surface area contributed by atoms with Crippen molar-refractivity contribution in [1.82, 2.24) is 0 Å². The number of ether oxygens (including phenoxy) is 1. The van der Waals surface area contributed by atoms with Gasteiger partial charge in [0.15, 0.2) is 0 Å². The fourth-order valence-electron chi connectivity index (χ4n) is 1.86. The summed E-state index contributed by atoms with van der Waals surface area (Å²) < 4.78 is 5.74. The fourth-order valence-corrected chi connectivity index (χ4v) is 1.86. The molecule has 0 aromatic carbocycles. The van der Waals surface area contributed by atoms with E-state index in [4.69, 9.17) is 4.74 Å². The van der Waals surface area contributed by atoms with Crippen LogP contribution in [0.1, 0.15) is 59.3 Å². The molecule has 0 N–H and O–H groups in total. The largest absolute Gasteiger partial charge is 0.498 e. The molecule has 14 heavy (non-hydrogen) atoms. The summed E-state index contributed by atoms with van der Waals surface area (Å²) in [6.07, 6.45) is 7.74. The third-order valence-corrected chi connectivity index (χ3v) is 3.17. The highest BCUT2D eigenvalue weighted by atomic mass is 16.5. The van der Waals surface area contributed by atoms with E-state index < -0.39 is 0 Å². The summed E-state index contributed by atoms with van der Waals surface area (Å²) >= 11 is 0. The van der Waals surface area contributed by atoms with Gasteiger partial charge in [0.1, 0.15) is 0 Å². The molecule has 0 amide bonds. The van der Waals surface area contributed by atoms with Gasteiger partial charge < -0.3 is 4.74 Å². The Morgan fingerprint density at radius 1 is 1.36 bits per heavy atom. The maximum absolute atomic E-state index is 5.74. The van der Waals surface area contributed by atoms with Crippen LogP contribution >= 0.6 is 0 Å². The van der Waals surface area contributed by atoms with Gasteiger partial charge in [0.05, 0.1) is 12.4 Å². The molecular formula is C13H24O. The van der Waals surface area contributed by atoms with Crippen LogP contribution < -0.4 is 0 Å². The van der Waals surface area contributed by atoms with Crippen LogP contribution in [0, 0.1) is 5.92 Å². The molecule has 0 aromatic rings. The molecule has 1 rings (SSSR count). The summed E-state index contributed by atoms with van der Waals surface area (Å²) in [7, 11) is 0. The zero-order valence-corrected chi connectivity index (χ0v) is 9.94. The highest BCUT2D eigenvalue weighted by Crippen LogP contribution is 2.29. The quantitative estimate of drug-likeness (QED) is 0.576. The molecule has 1 heteroatoms. The molecule has 0 spiro atoms. The predicted molar refractivity (Wildman–Crippen MR) is 61.2 cm³/mol. The molecule has 1 saturated carbocycles. The first-order chi connectivity index (χ1) is 6.74. The lowest BCUT2D eigenvalue weighted by atomic mass is 9.91. The lowest BCUT2D eigenvalue weighted by molar-refractivity contribution is 0.185. The molecule has 0 aliphatic heterocycles. The van der Waals surface area contributed by atoms with Crippen molar-refractivity contribution in [1.29, 1.82) is 0 Å². The van der Waals surface area contributed by atoms with E-state index in [1.807, 2.05) is 0 Å². The number of hydrogen-bond acceptors (Lipinski definition) is 1. The van der Waals surface area contributed by atoms with Crippen molar-refractivity contribution >= 4 is 0 Å². The van der Waals surface area contributed by atoms with E-state index in [1.165, 1.54) is 44.3 Å². The number of hydrogen-bond donors (Lipinski definition) is 0. The Morgan fingerprint density at radius 3 is 2.57 bits per heavy atom. The first-order valence-electron chi connectivity index (χ1n) is 6.05. The Bertz CT molecular complexity index is 187. The lowest BCUT2D eigenvalue weighted by Crippen LogP contribution is -2.05. The maximum Gasteiger partial charge on any atom is 0.0920 e. The van der Waals surface area contributed by atoms with Crippen LogP contribution in [0.25, 0.3) is 0 Å². The molecule has 0 bridgehead atoms. The van der Waals surface area contributed by atoms with Gasteiger partial charge in [-0.05, 0) is 44.1 Å². The van der Waals surface area contributed by atoms with Crippen molar-refractivity contribution in [3.8, 4) is 0 Å². The number of rotatable bonds is 6. The lowest BCUT2D eigenvalue weighted by Gasteiger charge is -2.20. The molecule has 0 saturated heterocycles. The first kappa shape index (κ1) is 11.6. The van der Waals surface area contributed by atoms with E-state index in [-0.39, 0.29) is 0 Å². The molecular weight excluding hydrogens is 172 g/mol. The minimum absolute atomic E-state index is 0.819. The van der Waals surface area contributed by atoms with E-state index in [1.54, 1.807) is 5.57 Å². The van der Waals surface area contributed by atoms with E-state index in [2.05, 4.69) is 20.8 Å². The normalized spacial score (nSPS) is 17.5. The second-order valence-corrected chi connectivity index (χ2v) is 4.54. The van der Waals surface area contributed by atoms with Gasteiger partial charge in [-0.15, -0.1) is 0 Å². The third kappa shape index (κ3) is 3.73. The van der Waals surface area contributed by atoms with E-state index in [9.17, 15) is 0 Å². The highest BCUT2D eigenvalue weighted by Gasteiger charge is 2.12. The van der Waals surface area contributed by atoms with E-state index in [0.29, 0.717) is 0 Å². The van der Waals surface area contributed by atoms with Crippen molar-refractivity contribution in [2.45, 2.75) is 59.3 Å². The van der Waals surface area contributed by atoms with Crippen molar-refractivity contribution in [3.05, 3.63) is 11.3 Å². The van der Waals surface area contributed by atoms with Gasteiger partial charge in [-0.1, -0.05) is 26.7 Å². The molecule has 0 heterocycles. The average molecular weight is 196 g/mol. The van der Waals surface area contributed by atoms with Crippen LogP contribution in [0.2, 0.25) is 0 Å². The Balaban J connectivity index is 2.08. The van der Waals surface area contributed by atoms with Crippen LogP contribution in [0.15, 0.2) is 11.3 Å². The van der Waals surface area contributed by atoms with Gasteiger partial charge in [-0.3, -0.25) is 0 Å². The minimum atomic E-state index is 0.819. The van der Waals surface area contributed by atoms with E-state index >= 15 is 0 Å². The van der Waals surface area contributed by atoms with Crippen molar-refractivity contribution < 1.29 is 4.74 Å². The standard InChI is InChI=1S/C13H24O/c1-4-6-11(2)9-10-14-12(3)13-7-5-8-13/h11H,4-10H2,1-3H3. The summed E-state index contributed by atoms with van der Waals surface area (Å²) in [4.78, 5) is 0. The Labute approximate surface area is 88.5 Å². The molecule has 1 aliphatic carbocycles. The molecule has 1 unspecified atom stereocenters. The van der Waals surface area contributed by atoms with Gasteiger partial charge >= 0.3 is 0 Å². The van der Waals surface area contributed by atoms with Gasteiger partial charge in [0, 0.05) is 0 Å². The van der Waals surface area contributed by atoms with Crippen LogP contribution in [0.3, 0.4) is 0 Å². The third-order valence-electron chi connectivity index (χ3n) is 3.17. The van der Waals surface area contributed by atoms with Crippen LogP contribution in [-0.4, -0.2) is 6.61 Å². The first-order valence-corrected chi connectivity index (χ1v) is 6.05. The van der Waals surface area contributed by atoms with Crippen molar-refractivity contribution in [2.24, 2.45) is 5.92 Å². The average Bonchev–Trinajstić information content (AvgIpc) is 2.01. The van der Waals surface area contributed by atoms with Crippen LogP contribution in [0.4, 0.5) is 0 Å². The van der Waals surface area contributed by atoms with Gasteiger partial charge in [0.25, 0.3) is 0 Å². The minimum Gasteiger partial charge on any atom is -0.498 e. The van der Waals surface area contributed by atoms with Crippen LogP contribution in [0.5, 0.6) is 0 Å². The SMILES string of the molecule is CCCC(C)CCOC(C)=C1CCC1. The van der Waals surface area contributed by atoms with E-state index in [0.717, 1.165) is 12.5 Å². The molecule has 1 fully saturated rings. The zero-order valence-electron chi connectivity index (χ0n) is 9.94. The molecule has 1 aliphatic rings. The molecule has 0 aromatic heterocycles. The predicted octanol–water partition coefficient (Wildman–Crippen LogP) is 4.29. The summed E-state index contributed by atoms with van der Waals surface area (Å²) in [5.74, 6) is 2.03. The number of allylic oxidation sites excluding steroid dienone is 2. The summed E-state index contributed by atoms with van der Waals surface area (Å²) in [5, 5.41) is 0. The zero-order chi connectivity index (χ0) is 10.4. The smallest absolute Gasteiger partial charge is 0.0920 e.